The second-order valence-corrected chi connectivity index (χ2v) is 6.67. The van der Waals surface area contributed by atoms with Crippen LogP contribution >= 0.6 is 0 Å². The second-order valence-electron chi connectivity index (χ2n) is 6.67. The lowest BCUT2D eigenvalue weighted by molar-refractivity contribution is 0.0161. The van der Waals surface area contributed by atoms with E-state index in [0.29, 0.717) is 5.54 Å². The topological polar surface area (TPSA) is 15.3 Å². The van der Waals surface area contributed by atoms with E-state index in [1.54, 1.807) is 0 Å². The van der Waals surface area contributed by atoms with Crippen LogP contribution in [0.15, 0.2) is 0 Å². The summed E-state index contributed by atoms with van der Waals surface area (Å²) in [7, 11) is 0. The maximum Gasteiger partial charge on any atom is 0.0329 e. The molecule has 0 spiro atoms. The quantitative estimate of drug-likeness (QED) is 0.780. The van der Waals surface area contributed by atoms with Gasteiger partial charge in [-0.3, -0.25) is 4.90 Å². The lowest BCUT2D eigenvalue weighted by atomic mass is 9.85. The Morgan fingerprint density at radius 1 is 1.22 bits per heavy atom. The Morgan fingerprint density at radius 3 is 2.39 bits per heavy atom. The van der Waals surface area contributed by atoms with Crippen LogP contribution in [-0.2, 0) is 0 Å². The number of nitrogens with zero attached hydrogens (tertiary/aromatic N) is 1. The number of piperazine rings is 1. The summed E-state index contributed by atoms with van der Waals surface area (Å²) in [4.78, 5) is 2.83. The molecule has 0 aromatic heterocycles. The summed E-state index contributed by atoms with van der Waals surface area (Å²) in [6.07, 6.45) is 6.79. The molecule has 2 rings (SSSR count). The fourth-order valence-corrected chi connectivity index (χ4v) is 3.46. The largest absolute Gasteiger partial charge is 0.311 e. The zero-order chi connectivity index (χ0) is 13.2. The summed E-state index contributed by atoms with van der Waals surface area (Å²) in [6.45, 7) is 13.3. The maximum atomic E-state index is 3.85. The van der Waals surface area contributed by atoms with Gasteiger partial charge in [0.2, 0.25) is 0 Å². The minimum atomic E-state index is 0.425. The lowest BCUT2D eigenvalue weighted by Crippen LogP contribution is -2.65. The average Bonchev–Trinajstić information content (AvgIpc) is 3.23. The van der Waals surface area contributed by atoms with Crippen LogP contribution in [0.25, 0.3) is 0 Å². The smallest absolute Gasteiger partial charge is 0.0329 e. The van der Waals surface area contributed by atoms with Gasteiger partial charge in [0.05, 0.1) is 0 Å². The van der Waals surface area contributed by atoms with Crippen LogP contribution < -0.4 is 5.32 Å². The first-order valence-electron chi connectivity index (χ1n) is 8.13. The van der Waals surface area contributed by atoms with E-state index in [-0.39, 0.29) is 0 Å². The molecule has 1 N–H and O–H groups in total. The van der Waals surface area contributed by atoms with Gasteiger partial charge >= 0.3 is 0 Å². The van der Waals surface area contributed by atoms with Crippen molar-refractivity contribution in [1.29, 1.82) is 0 Å². The monoisotopic (exact) mass is 252 g/mol. The zero-order valence-electron chi connectivity index (χ0n) is 12.8. The minimum Gasteiger partial charge on any atom is -0.311 e. The molecule has 1 aliphatic heterocycles. The molecule has 1 aliphatic carbocycles. The maximum absolute atomic E-state index is 3.85. The Labute approximate surface area is 114 Å². The van der Waals surface area contributed by atoms with Crippen molar-refractivity contribution in [2.45, 2.75) is 71.4 Å². The van der Waals surface area contributed by atoms with Crippen LogP contribution in [-0.4, -0.2) is 36.1 Å². The molecule has 2 fully saturated rings. The van der Waals surface area contributed by atoms with Gasteiger partial charge in [-0.15, -0.1) is 0 Å². The summed E-state index contributed by atoms with van der Waals surface area (Å²) in [5.41, 5.74) is 0.425. The van der Waals surface area contributed by atoms with Gasteiger partial charge in [-0.25, -0.2) is 0 Å². The van der Waals surface area contributed by atoms with Crippen molar-refractivity contribution < 1.29 is 0 Å². The third-order valence-electron chi connectivity index (χ3n) is 5.52. The standard InChI is InChI=1S/C16H32N2/c1-5-13(4)10-18-11-15(14-8-9-14)17-12-16(18,6-2)7-3/h13-15,17H,5-12H2,1-4H3. The summed E-state index contributed by atoms with van der Waals surface area (Å²) in [6, 6.07) is 0.778. The summed E-state index contributed by atoms with van der Waals surface area (Å²) < 4.78 is 0. The van der Waals surface area contributed by atoms with E-state index in [1.807, 2.05) is 0 Å². The fraction of sp³-hybridized carbons (Fsp3) is 1.00. The van der Waals surface area contributed by atoms with Crippen LogP contribution in [0.5, 0.6) is 0 Å². The van der Waals surface area contributed by atoms with Crippen molar-refractivity contribution in [2.24, 2.45) is 11.8 Å². The van der Waals surface area contributed by atoms with Gasteiger partial charge in [-0.2, -0.15) is 0 Å². The van der Waals surface area contributed by atoms with Gasteiger partial charge in [0.15, 0.2) is 0 Å². The number of nitrogens with one attached hydrogen (secondary N) is 1. The average molecular weight is 252 g/mol. The molecular weight excluding hydrogens is 220 g/mol. The molecule has 2 nitrogen and oxygen atoms in total. The van der Waals surface area contributed by atoms with Crippen LogP contribution in [0.2, 0.25) is 0 Å². The van der Waals surface area contributed by atoms with Crippen LogP contribution in [0.4, 0.5) is 0 Å². The normalized spacial score (nSPS) is 30.3. The Balaban J connectivity index is 2.04. The fourth-order valence-electron chi connectivity index (χ4n) is 3.46. The Hall–Kier alpha value is -0.0800. The summed E-state index contributed by atoms with van der Waals surface area (Å²) in [5, 5.41) is 3.85. The molecule has 0 radical (unpaired) electrons. The van der Waals surface area contributed by atoms with Crippen molar-refractivity contribution >= 4 is 0 Å². The van der Waals surface area contributed by atoms with E-state index >= 15 is 0 Å². The Kier molecular flexibility index (Phi) is 4.71. The highest BCUT2D eigenvalue weighted by Crippen LogP contribution is 2.37. The zero-order valence-corrected chi connectivity index (χ0v) is 12.8. The predicted octanol–water partition coefficient (Wildman–Crippen LogP) is 3.28. The van der Waals surface area contributed by atoms with Gasteiger partial charge in [-0.1, -0.05) is 34.1 Å². The Morgan fingerprint density at radius 2 is 1.89 bits per heavy atom. The molecule has 0 bridgehead atoms. The number of hydrogen-bond donors (Lipinski definition) is 1. The molecule has 2 unspecified atom stereocenters. The molecule has 0 aromatic carbocycles. The molecule has 1 heterocycles. The highest BCUT2D eigenvalue weighted by atomic mass is 15.3. The van der Waals surface area contributed by atoms with Crippen molar-refractivity contribution in [2.75, 3.05) is 19.6 Å². The number of rotatable bonds is 6. The molecule has 106 valence electrons. The van der Waals surface area contributed by atoms with Gasteiger partial charge in [0.1, 0.15) is 0 Å². The van der Waals surface area contributed by atoms with Gasteiger partial charge in [-0.05, 0) is 37.5 Å². The van der Waals surface area contributed by atoms with Gasteiger partial charge in [0, 0.05) is 31.2 Å². The molecule has 2 aliphatic rings. The van der Waals surface area contributed by atoms with Crippen LogP contribution in [0, 0.1) is 11.8 Å². The molecule has 2 heteroatoms. The van der Waals surface area contributed by atoms with Crippen molar-refractivity contribution in [3.05, 3.63) is 0 Å². The molecular formula is C16H32N2. The van der Waals surface area contributed by atoms with E-state index in [9.17, 15) is 0 Å². The Bertz CT molecular complexity index is 256. The van der Waals surface area contributed by atoms with Crippen LogP contribution in [0.3, 0.4) is 0 Å². The van der Waals surface area contributed by atoms with E-state index in [4.69, 9.17) is 0 Å². The summed E-state index contributed by atoms with van der Waals surface area (Å²) in [5.74, 6) is 1.82. The van der Waals surface area contributed by atoms with Gasteiger partial charge in [0.25, 0.3) is 0 Å². The van der Waals surface area contributed by atoms with E-state index < -0.39 is 0 Å². The summed E-state index contributed by atoms with van der Waals surface area (Å²) >= 11 is 0. The van der Waals surface area contributed by atoms with E-state index in [2.05, 4.69) is 37.9 Å². The van der Waals surface area contributed by atoms with Crippen molar-refractivity contribution in [3.8, 4) is 0 Å². The number of hydrogen-bond acceptors (Lipinski definition) is 2. The molecule has 0 aromatic rings. The first-order valence-corrected chi connectivity index (χ1v) is 8.13. The van der Waals surface area contributed by atoms with Gasteiger partial charge < -0.3 is 5.32 Å². The molecule has 2 atom stereocenters. The first-order chi connectivity index (χ1) is 8.65. The van der Waals surface area contributed by atoms with E-state index in [1.165, 1.54) is 51.7 Å². The molecule has 18 heavy (non-hydrogen) atoms. The third-order valence-corrected chi connectivity index (χ3v) is 5.52. The highest BCUT2D eigenvalue weighted by Gasteiger charge is 2.43. The highest BCUT2D eigenvalue weighted by molar-refractivity contribution is 5.01. The van der Waals surface area contributed by atoms with Crippen molar-refractivity contribution in [3.63, 3.8) is 0 Å². The molecule has 1 saturated carbocycles. The minimum absolute atomic E-state index is 0.425. The molecule has 0 amide bonds. The predicted molar refractivity (Wildman–Crippen MR) is 78.9 cm³/mol. The van der Waals surface area contributed by atoms with Crippen molar-refractivity contribution in [1.82, 2.24) is 10.2 Å². The van der Waals surface area contributed by atoms with E-state index in [0.717, 1.165) is 17.9 Å². The van der Waals surface area contributed by atoms with Crippen LogP contribution in [0.1, 0.15) is 59.8 Å². The second kappa shape index (κ2) is 5.92. The SMILES string of the molecule is CCC(C)CN1CC(C2CC2)NCC1(CC)CC. The lowest BCUT2D eigenvalue weighted by Gasteiger charge is -2.50. The third kappa shape index (κ3) is 2.91. The molecule has 1 saturated heterocycles. The first kappa shape index (κ1) is 14.3.